The van der Waals surface area contributed by atoms with Crippen LogP contribution in [0.25, 0.3) is 22.6 Å². The molecule has 3 rings (SSSR count). The van der Waals surface area contributed by atoms with Gasteiger partial charge in [-0.15, -0.1) is 0 Å². The van der Waals surface area contributed by atoms with Gasteiger partial charge in [0.25, 0.3) is 0 Å². The summed E-state index contributed by atoms with van der Waals surface area (Å²) >= 11 is 9.47. The second kappa shape index (κ2) is 4.66. The van der Waals surface area contributed by atoms with Crippen LogP contribution in [0.15, 0.2) is 39.2 Å². The largest absolute Gasteiger partial charge is 0.436 e. The molecular formula is C15H11BrClNO. The van der Waals surface area contributed by atoms with Gasteiger partial charge in [0.2, 0.25) is 5.89 Å². The number of benzene rings is 2. The van der Waals surface area contributed by atoms with Crippen molar-refractivity contribution in [2.45, 2.75) is 13.8 Å². The maximum absolute atomic E-state index is 6.10. The highest BCUT2D eigenvalue weighted by Crippen LogP contribution is 2.30. The second-order valence-corrected chi connectivity index (χ2v) is 5.81. The predicted molar refractivity (Wildman–Crippen MR) is 81.6 cm³/mol. The van der Waals surface area contributed by atoms with E-state index in [1.54, 1.807) is 0 Å². The van der Waals surface area contributed by atoms with Crippen LogP contribution in [0.4, 0.5) is 0 Å². The van der Waals surface area contributed by atoms with Gasteiger partial charge in [0.05, 0.1) is 5.02 Å². The molecule has 0 radical (unpaired) electrons. The van der Waals surface area contributed by atoms with E-state index in [4.69, 9.17) is 16.0 Å². The van der Waals surface area contributed by atoms with Crippen LogP contribution < -0.4 is 0 Å². The maximum atomic E-state index is 6.10. The smallest absolute Gasteiger partial charge is 0.227 e. The number of oxazole rings is 1. The van der Waals surface area contributed by atoms with Gasteiger partial charge in [-0.2, -0.15) is 0 Å². The van der Waals surface area contributed by atoms with E-state index in [0.717, 1.165) is 21.1 Å². The molecule has 2 aromatic carbocycles. The fourth-order valence-electron chi connectivity index (χ4n) is 1.93. The Morgan fingerprint density at radius 2 is 1.84 bits per heavy atom. The van der Waals surface area contributed by atoms with Gasteiger partial charge in [-0.1, -0.05) is 11.6 Å². The predicted octanol–water partition coefficient (Wildman–Crippen LogP) is 5.53. The van der Waals surface area contributed by atoms with Crippen molar-refractivity contribution in [1.29, 1.82) is 0 Å². The Morgan fingerprint density at radius 1 is 1.11 bits per heavy atom. The molecule has 0 saturated heterocycles. The summed E-state index contributed by atoms with van der Waals surface area (Å²) in [7, 11) is 0. The first kappa shape index (κ1) is 12.7. The number of hydrogen-bond acceptors (Lipinski definition) is 2. The Labute approximate surface area is 124 Å². The minimum Gasteiger partial charge on any atom is -0.436 e. The van der Waals surface area contributed by atoms with Crippen molar-refractivity contribution in [3.8, 4) is 11.5 Å². The molecule has 0 aliphatic rings. The van der Waals surface area contributed by atoms with E-state index in [0.29, 0.717) is 10.9 Å². The van der Waals surface area contributed by atoms with Gasteiger partial charge >= 0.3 is 0 Å². The Morgan fingerprint density at radius 3 is 2.58 bits per heavy atom. The van der Waals surface area contributed by atoms with E-state index in [-0.39, 0.29) is 0 Å². The number of fused-ring (bicyclic) bond motifs is 1. The van der Waals surface area contributed by atoms with Crippen LogP contribution in [0.3, 0.4) is 0 Å². The Bertz CT molecular complexity index is 740. The van der Waals surface area contributed by atoms with E-state index in [1.165, 1.54) is 11.1 Å². The first-order chi connectivity index (χ1) is 9.04. The van der Waals surface area contributed by atoms with Gasteiger partial charge in [-0.3, -0.25) is 0 Å². The molecule has 1 aromatic heterocycles. The van der Waals surface area contributed by atoms with Gasteiger partial charge in [-0.05, 0) is 71.2 Å². The summed E-state index contributed by atoms with van der Waals surface area (Å²) in [6, 6.07) is 9.72. The summed E-state index contributed by atoms with van der Waals surface area (Å²) in [5, 5.41) is 0.645. The number of hydrogen-bond donors (Lipinski definition) is 0. The second-order valence-electron chi connectivity index (χ2n) is 4.55. The number of aryl methyl sites for hydroxylation is 2. The van der Waals surface area contributed by atoms with Crippen LogP contribution in [0, 0.1) is 13.8 Å². The van der Waals surface area contributed by atoms with Crippen molar-refractivity contribution in [2.24, 2.45) is 0 Å². The SMILES string of the molecule is Cc1cc2nc(-c3ccc(Br)c(Cl)c3)oc2cc1C. The molecule has 0 bridgehead atoms. The van der Waals surface area contributed by atoms with Crippen LogP contribution in [-0.2, 0) is 0 Å². The highest BCUT2D eigenvalue weighted by Gasteiger charge is 2.10. The van der Waals surface area contributed by atoms with E-state index >= 15 is 0 Å². The first-order valence-corrected chi connectivity index (χ1v) is 7.05. The molecule has 0 amide bonds. The summed E-state index contributed by atoms with van der Waals surface area (Å²) < 4.78 is 6.66. The molecule has 0 spiro atoms. The van der Waals surface area contributed by atoms with Crippen LogP contribution in [0.5, 0.6) is 0 Å². The van der Waals surface area contributed by atoms with Crippen LogP contribution in [0.1, 0.15) is 11.1 Å². The lowest BCUT2D eigenvalue weighted by Crippen LogP contribution is -1.80. The highest BCUT2D eigenvalue weighted by atomic mass is 79.9. The zero-order chi connectivity index (χ0) is 13.6. The van der Waals surface area contributed by atoms with Gasteiger partial charge in [-0.25, -0.2) is 4.98 Å². The average molecular weight is 337 g/mol. The number of rotatable bonds is 1. The van der Waals surface area contributed by atoms with Crippen LogP contribution in [-0.4, -0.2) is 4.98 Å². The molecule has 96 valence electrons. The lowest BCUT2D eigenvalue weighted by Gasteiger charge is -1.98. The summed E-state index contributed by atoms with van der Waals surface area (Å²) in [4.78, 5) is 4.52. The Hall–Kier alpha value is -1.32. The van der Waals surface area contributed by atoms with Crippen molar-refractivity contribution < 1.29 is 4.42 Å². The monoisotopic (exact) mass is 335 g/mol. The standard InChI is InChI=1S/C15H11BrClNO/c1-8-5-13-14(6-9(8)2)19-15(18-13)10-3-4-11(16)12(17)7-10/h3-7H,1-2H3. The summed E-state index contributed by atoms with van der Waals surface area (Å²) in [5.74, 6) is 0.592. The van der Waals surface area contributed by atoms with Crippen molar-refractivity contribution in [3.63, 3.8) is 0 Å². The van der Waals surface area contributed by atoms with Gasteiger partial charge in [0.1, 0.15) is 5.52 Å². The molecule has 0 aliphatic heterocycles. The molecule has 1 heterocycles. The van der Waals surface area contributed by atoms with Gasteiger partial charge in [0, 0.05) is 10.0 Å². The molecule has 0 saturated carbocycles. The third-order valence-corrected chi connectivity index (χ3v) is 4.40. The maximum Gasteiger partial charge on any atom is 0.227 e. The quantitative estimate of drug-likeness (QED) is 0.584. The van der Waals surface area contributed by atoms with Crippen molar-refractivity contribution in [2.75, 3.05) is 0 Å². The van der Waals surface area contributed by atoms with Gasteiger partial charge < -0.3 is 4.42 Å². The van der Waals surface area contributed by atoms with Crippen molar-refractivity contribution in [3.05, 3.63) is 51.0 Å². The molecule has 0 aliphatic carbocycles. The normalized spacial score (nSPS) is 11.2. The zero-order valence-corrected chi connectivity index (χ0v) is 12.8. The fourth-order valence-corrected chi connectivity index (χ4v) is 2.36. The Balaban J connectivity index is 2.17. The number of halogens is 2. The summed E-state index contributed by atoms with van der Waals surface area (Å²) in [5.41, 5.74) is 4.96. The minimum absolute atomic E-state index is 0.592. The van der Waals surface area contributed by atoms with Crippen molar-refractivity contribution >= 4 is 38.6 Å². The van der Waals surface area contributed by atoms with Crippen LogP contribution in [0.2, 0.25) is 5.02 Å². The van der Waals surface area contributed by atoms with E-state index in [2.05, 4.69) is 34.8 Å². The molecule has 19 heavy (non-hydrogen) atoms. The molecule has 4 heteroatoms. The molecule has 0 atom stereocenters. The minimum atomic E-state index is 0.592. The number of aromatic nitrogens is 1. The first-order valence-electron chi connectivity index (χ1n) is 5.88. The molecule has 0 fully saturated rings. The lowest BCUT2D eigenvalue weighted by atomic mass is 10.1. The van der Waals surface area contributed by atoms with Crippen molar-refractivity contribution in [1.82, 2.24) is 4.98 Å². The number of nitrogens with zero attached hydrogens (tertiary/aromatic N) is 1. The van der Waals surface area contributed by atoms with Gasteiger partial charge in [0.15, 0.2) is 5.58 Å². The zero-order valence-electron chi connectivity index (χ0n) is 10.5. The van der Waals surface area contributed by atoms with Crippen LogP contribution >= 0.6 is 27.5 Å². The van der Waals surface area contributed by atoms with E-state index < -0.39 is 0 Å². The molecular weight excluding hydrogens is 326 g/mol. The van der Waals surface area contributed by atoms with E-state index in [9.17, 15) is 0 Å². The average Bonchev–Trinajstić information content (AvgIpc) is 2.76. The Kier molecular flexibility index (Phi) is 3.11. The summed E-state index contributed by atoms with van der Waals surface area (Å²) in [6.45, 7) is 4.13. The third-order valence-electron chi connectivity index (χ3n) is 3.17. The fraction of sp³-hybridized carbons (Fsp3) is 0.133. The molecule has 2 nitrogen and oxygen atoms in total. The lowest BCUT2D eigenvalue weighted by molar-refractivity contribution is 0.619. The molecule has 0 N–H and O–H groups in total. The summed E-state index contributed by atoms with van der Waals surface area (Å²) in [6.07, 6.45) is 0. The topological polar surface area (TPSA) is 26.0 Å². The third kappa shape index (κ3) is 2.28. The van der Waals surface area contributed by atoms with E-state index in [1.807, 2.05) is 30.3 Å². The molecule has 3 aromatic rings. The highest BCUT2D eigenvalue weighted by molar-refractivity contribution is 9.10. The molecule has 0 unspecified atom stereocenters.